The number of aliphatic carboxylic acids is 1. The molecular weight excluding hydrogens is 204 g/mol. The summed E-state index contributed by atoms with van der Waals surface area (Å²) < 4.78 is 0. The summed E-state index contributed by atoms with van der Waals surface area (Å²) in [6, 6.07) is 0. The van der Waals surface area contributed by atoms with Gasteiger partial charge >= 0.3 is 18.3 Å². The molecule has 1 atom stereocenters. The first-order chi connectivity index (χ1) is 6.11. The summed E-state index contributed by atoms with van der Waals surface area (Å²) in [5, 5.41) is 43.7. The molecular formula is C5H10O9. The number of hydrogen-bond acceptors (Lipinski definition) is 4. The van der Waals surface area contributed by atoms with Crippen molar-refractivity contribution in [3.05, 3.63) is 0 Å². The zero-order valence-electron chi connectivity index (χ0n) is 6.99. The molecule has 0 amide bonds. The molecule has 0 aliphatic heterocycles. The topological polar surface area (TPSA) is 173 Å². The Kier molecular flexibility index (Phi) is 14.0. The van der Waals surface area contributed by atoms with E-state index in [-0.39, 0.29) is 0 Å². The normalized spacial score (nSPS) is 9.29. The van der Waals surface area contributed by atoms with Crippen LogP contribution in [-0.2, 0) is 4.79 Å². The minimum atomic E-state index is -1.83. The number of aliphatic hydroxyl groups is 1. The number of rotatable bonds is 1. The highest BCUT2D eigenvalue weighted by atomic mass is 16.6. The fourth-order valence-corrected chi connectivity index (χ4v) is 0. The first-order valence-electron chi connectivity index (χ1n) is 2.85. The Hall–Kier alpha value is -2.03. The van der Waals surface area contributed by atoms with Crippen molar-refractivity contribution in [2.75, 3.05) is 0 Å². The summed E-state index contributed by atoms with van der Waals surface area (Å²) in [6.07, 6.45) is -4.90. The van der Waals surface area contributed by atoms with Crippen molar-refractivity contribution < 1.29 is 45.0 Å². The summed E-state index contributed by atoms with van der Waals surface area (Å²) in [5.74, 6) is -1.19. The molecule has 9 nitrogen and oxygen atoms in total. The predicted octanol–water partition coefficient (Wildman–Crippen LogP) is -0.103. The number of carboxylic acids is 1. The first kappa shape index (κ1) is 17.9. The molecule has 9 heteroatoms. The molecule has 0 saturated heterocycles. The Morgan fingerprint density at radius 3 is 0.929 bits per heavy atom. The zero-order chi connectivity index (χ0) is 12.3. The van der Waals surface area contributed by atoms with E-state index in [2.05, 4.69) is 0 Å². The highest BCUT2D eigenvalue weighted by Crippen LogP contribution is 1.73. The number of hydrogen-bond donors (Lipinski definition) is 6. The molecule has 0 aromatic rings. The van der Waals surface area contributed by atoms with Crippen LogP contribution in [-0.4, -0.2) is 55.0 Å². The summed E-state index contributed by atoms with van der Waals surface area (Å²) in [5.41, 5.74) is 0. The molecule has 0 fully saturated rings. The zero-order valence-corrected chi connectivity index (χ0v) is 6.99. The third kappa shape index (κ3) is 207. The van der Waals surface area contributed by atoms with Crippen LogP contribution >= 0.6 is 0 Å². The van der Waals surface area contributed by atoms with Crippen LogP contribution in [0.3, 0.4) is 0 Å². The minimum absolute atomic E-state index is 1.19. The maximum atomic E-state index is 9.45. The van der Waals surface area contributed by atoms with Crippen molar-refractivity contribution in [1.29, 1.82) is 0 Å². The van der Waals surface area contributed by atoms with E-state index in [9.17, 15) is 4.79 Å². The van der Waals surface area contributed by atoms with Crippen LogP contribution in [0, 0.1) is 0 Å². The van der Waals surface area contributed by atoms with Gasteiger partial charge in [0, 0.05) is 0 Å². The van der Waals surface area contributed by atoms with E-state index in [1.165, 1.54) is 6.92 Å². The van der Waals surface area contributed by atoms with Gasteiger partial charge in [-0.25, -0.2) is 14.4 Å². The molecule has 0 heterocycles. The summed E-state index contributed by atoms with van der Waals surface area (Å²) in [4.78, 5) is 26.6. The van der Waals surface area contributed by atoms with E-state index in [1.54, 1.807) is 0 Å². The Morgan fingerprint density at radius 2 is 0.929 bits per heavy atom. The standard InChI is InChI=1S/C3H6O3.2CH2O3/c1-2(4)3(5)6;2*2-1(3)4/h2,4H,1H3,(H,5,6);2*(H2,2,3,4). The lowest BCUT2D eigenvalue weighted by Crippen LogP contribution is -2.13. The molecule has 0 aliphatic carbocycles. The third-order valence-corrected chi connectivity index (χ3v) is 0.357. The van der Waals surface area contributed by atoms with Crippen LogP contribution in [0.25, 0.3) is 0 Å². The smallest absolute Gasteiger partial charge is 0.479 e. The molecule has 0 rings (SSSR count). The molecule has 0 saturated carbocycles. The van der Waals surface area contributed by atoms with Gasteiger partial charge in [-0.3, -0.25) is 0 Å². The van der Waals surface area contributed by atoms with E-state index in [0.717, 1.165) is 0 Å². The van der Waals surface area contributed by atoms with Gasteiger partial charge in [0.1, 0.15) is 6.10 Å². The van der Waals surface area contributed by atoms with Gasteiger partial charge in [-0.1, -0.05) is 0 Å². The summed E-state index contributed by atoms with van der Waals surface area (Å²) in [6.45, 7) is 1.20. The predicted molar refractivity (Wildman–Crippen MR) is 40.6 cm³/mol. The van der Waals surface area contributed by atoms with Crippen molar-refractivity contribution in [2.45, 2.75) is 13.0 Å². The fourth-order valence-electron chi connectivity index (χ4n) is 0. The van der Waals surface area contributed by atoms with Crippen molar-refractivity contribution in [2.24, 2.45) is 0 Å². The maximum absolute atomic E-state index is 9.45. The second-order valence-electron chi connectivity index (χ2n) is 1.58. The quantitative estimate of drug-likeness (QED) is 0.348. The van der Waals surface area contributed by atoms with Crippen molar-refractivity contribution in [3.63, 3.8) is 0 Å². The van der Waals surface area contributed by atoms with Gasteiger partial charge in [0.25, 0.3) is 0 Å². The molecule has 0 aromatic carbocycles. The Bertz CT molecular complexity index is 164. The SMILES string of the molecule is CC(O)C(=O)O.O=C(O)O.O=C(O)O. The molecule has 0 radical (unpaired) electrons. The largest absolute Gasteiger partial charge is 0.503 e. The molecule has 1 unspecified atom stereocenters. The lowest BCUT2D eigenvalue weighted by atomic mass is 10.4. The molecule has 0 bridgehead atoms. The summed E-state index contributed by atoms with van der Waals surface area (Å²) >= 11 is 0. The summed E-state index contributed by atoms with van der Waals surface area (Å²) in [7, 11) is 0. The van der Waals surface area contributed by atoms with Crippen LogP contribution in [0.4, 0.5) is 9.59 Å². The van der Waals surface area contributed by atoms with Crippen LogP contribution < -0.4 is 0 Å². The number of carbonyl (C=O) groups is 3. The first-order valence-corrected chi connectivity index (χ1v) is 2.85. The molecule has 14 heavy (non-hydrogen) atoms. The average Bonchev–Trinajstić information content (AvgIpc) is 1.83. The highest BCUT2D eigenvalue weighted by molar-refractivity contribution is 5.71. The molecule has 0 spiro atoms. The molecule has 0 aliphatic rings. The fraction of sp³-hybridized carbons (Fsp3) is 0.400. The van der Waals surface area contributed by atoms with E-state index in [0.29, 0.717) is 0 Å². The maximum Gasteiger partial charge on any atom is 0.503 e. The van der Waals surface area contributed by atoms with Gasteiger partial charge in [0.15, 0.2) is 0 Å². The Balaban J connectivity index is -0.000000135. The second-order valence-corrected chi connectivity index (χ2v) is 1.58. The Labute approximate surface area is 77.5 Å². The lowest BCUT2D eigenvalue weighted by molar-refractivity contribution is -0.145. The van der Waals surface area contributed by atoms with E-state index >= 15 is 0 Å². The van der Waals surface area contributed by atoms with Crippen molar-refractivity contribution in [3.8, 4) is 0 Å². The van der Waals surface area contributed by atoms with Crippen LogP contribution in [0.2, 0.25) is 0 Å². The molecule has 84 valence electrons. The minimum Gasteiger partial charge on any atom is -0.479 e. The van der Waals surface area contributed by atoms with Gasteiger partial charge in [-0.05, 0) is 6.92 Å². The van der Waals surface area contributed by atoms with Crippen molar-refractivity contribution in [1.82, 2.24) is 0 Å². The van der Waals surface area contributed by atoms with Gasteiger partial charge in [0.05, 0.1) is 0 Å². The number of carboxylic acid groups (broad SMARTS) is 5. The van der Waals surface area contributed by atoms with Crippen LogP contribution in [0.5, 0.6) is 0 Å². The van der Waals surface area contributed by atoms with E-state index < -0.39 is 24.4 Å². The van der Waals surface area contributed by atoms with E-state index in [4.69, 9.17) is 40.2 Å². The van der Waals surface area contributed by atoms with E-state index in [1.807, 2.05) is 0 Å². The molecule has 0 aromatic heterocycles. The van der Waals surface area contributed by atoms with Crippen molar-refractivity contribution >= 4 is 18.3 Å². The lowest BCUT2D eigenvalue weighted by Gasteiger charge is -1.89. The Morgan fingerprint density at radius 1 is 0.857 bits per heavy atom. The third-order valence-electron chi connectivity index (χ3n) is 0.357. The monoisotopic (exact) mass is 214 g/mol. The number of aliphatic hydroxyl groups excluding tert-OH is 1. The van der Waals surface area contributed by atoms with Crippen LogP contribution in [0.1, 0.15) is 6.92 Å². The second kappa shape index (κ2) is 11.0. The van der Waals surface area contributed by atoms with Gasteiger partial charge < -0.3 is 30.6 Å². The van der Waals surface area contributed by atoms with Crippen LogP contribution in [0.15, 0.2) is 0 Å². The van der Waals surface area contributed by atoms with Gasteiger partial charge in [-0.15, -0.1) is 0 Å². The van der Waals surface area contributed by atoms with Gasteiger partial charge in [-0.2, -0.15) is 0 Å². The highest BCUT2D eigenvalue weighted by Gasteiger charge is 2.01. The van der Waals surface area contributed by atoms with Gasteiger partial charge in [0.2, 0.25) is 0 Å². The molecule has 6 N–H and O–H groups in total. The average molecular weight is 214 g/mol.